The van der Waals surface area contributed by atoms with Crippen molar-refractivity contribution in [1.82, 2.24) is 0 Å². The molecule has 0 aromatic heterocycles. The van der Waals surface area contributed by atoms with Gasteiger partial charge >= 0.3 is 17.9 Å². The Morgan fingerprint density at radius 2 is 0.654 bits per heavy atom. The Labute approximate surface area is 485 Å². The number of rotatable bonds is 65. The number of aliphatic carboxylic acids is 1. The molecule has 0 aliphatic rings. The maximum absolute atomic E-state index is 12.8. The van der Waals surface area contributed by atoms with Gasteiger partial charge in [0.05, 0.1) is 34.4 Å². The fraction of sp³-hybridized carbons (Fsp3) is 0.928. The van der Waals surface area contributed by atoms with Gasteiger partial charge in [-0.25, -0.2) is 4.79 Å². The van der Waals surface area contributed by atoms with E-state index in [9.17, 15) is 19.5 Å². The minimum atomic E-state index is -1.51. The maximum Gasteiger partial charge on any atom is 0.361 e. The number of hydrogen-bond donors (Lipinski definition) is 1. The van der Waals surface area contributed by atoms with Crippen LogP contribution in [0.3, 0.4) is 0 Å². The first-order chi connectivity index (χ1) is 38.1. The molecule has 0 bridgehead atoms. The Balaban J connectivity index is 3.83. The van der Waals surface area contributed by atoms with Gasteiger partial charge in [0.15, 0.2) is 6.10 Å². The zero-order chi connectivity index (χ0) is 56.9. The predicted octanol–water partition coefficient (Wildman–Crippen LogP) is 20.9. The van der Waals surface area contributed by atoms with Crippen molar-refractivity contribution in [2.75, 3.05) is 47.5 Å². The molecule has 0 aromatic rings. The van der Waals surface area contributed by atoms with E-state index < -0.39 is 24.3 Å². The SMILES string of the molecule is CCCCCC/C=C\CCCCCCCC(=O)OC(COC(=O)CCCCCCCCCCCCCCCCCCCCCCCCCCCCCCCCCCCCCCCCCC)COC(OCC[N+](C)(C)C)C(=O)O. The van der Waals surface area contributed by atoms with E-state index in [4.69, 9.17) is 18.9 Å². The fourth-order valence-corrected chi connectivity index (χ4v) is 10.5. The second-order valence-electron chi connectivity index (χ2n) is 24.8. The van der Waals surface area contributed by atoms with Crippen molar-refractivity contribution in [3.63, 3.8) is 0 Å². The van der Waals surface area contributed by atoms with Crippen LogP contribution in [0.1, 0.15) is 354 Å². The summed E-state index contributed by atoms with van der Waals surface area (Å²) in [5.41, 5.74) is 0. The van der Waals surface area contributed by atoms with E-state index in [1.165, 1.54) is 270 Å². The smallest absolute Gasteiger partial charge is 0.361 e. The zero-order valence-electron chi connectivity index (χ0n) is 52.9. The molecule has 0 fully saturated rings. The molecular formula is C69H134NO8+. The van der Waals surface area contributed by atoms with Crippen molar-refractivity contribution < 1.29 is 42.9 Å². The van der Waals surface area contributed by atoms with Gasteiger partial charge in [-0.15, -0.1) is 0 Å². The third-order valence-electron chi connectivity index (χ3n) is 15.8. The standard InChI is InChI=1S/C69H133NO8/c1-6-8-10-12-14-16-18-20-21-22-23-24-25-26-27-28-29-30-31-32-33-34-35-36-37-38-39-40-41-42-43-44-45-46-48-49-51-53-55-57-59-66(71)76-63-65(64-77-69(68(73)74)75-62-61-70(3,4)5)78-67(72)60-58-56-54-52-50-47-19-17-15-13-11-9-7-2/h17,19,65,69H,6-16,18,20-64H2,1-5H3/p+1/b19-17-. The molecule has 0 heterocycles. The average molecular weight is 1110 g/mol. The van der Waals surface area contributed by atoms with Crippen LogP contribution in [0.15, 0.2) is 12.2 Å². The molecule has 78 heavy (non-hydrogen) atoms. The number of unbranched alkanes of at least 4 members (excludes halogenated alkanes) is 48. The van der Waals surface area contributed by atoms with E-state index in [2.05, 4.69) is 26.0 Å². The largest absolute Gasteiger partial charge is 0.477 e. The number of carbonyl (C=O) groups excluding carboxylic acids is 2. The van der Waals surface area contributed by atoms with E-state index in [0.717, 1.165) is 51.4 Å². The van der Waals surface area contributed by atoms with Crippen LogP contribution in [0.25, 0.3) is 0 Å². The van der Waals surface area contributed by atoms with Gasteiger partial charge in [0.1, 0.15) is 13.2 Å². The number of nitrogens with zero attached hydrogens (tertiary/aromatic N) is 1. The number of ether oxygens (including phenoxy) is 4. The molecule has 2 unspecified atom stereocenters. The van der Waals surface area contributed by atoms with Crippen LogP contribution in [0.2, 0.25) is 0 Å². The summed E-state index contributed by atoms with van der Waals surface area (Å²) in [6.45, 7) is 4.91. The Hall–Kier alpha value is -1.97. The lowest BCUT2D eigenvalue weighted by Gasteiger charge is -2.25. The lowest BCUT2D eigenvalue weighted by Crippen LogP contribution is -2.40. The molecule has 2 atom stereocenters. The van der Waals surface area contributed by atoms with Crippen LogP contribution in [-0.4, -0.2) is 87.4 Å². The normalized spacial score (nSPS) is 12.7. The first-order valence-electron chi connectivity index (χ1n) is 34.4. The van der Waals surface area contributed by atoms with E-state index in [1.807, 2.05) is 21.1 Å². The van der Waals surface area contributed by atoms with Gasteiger partial charge in [0, 0.05) is 12.8 Å². The molecule has 9 heteroatoms. The van der Waals surface area contributed by atoms with Crippen LogP contribution in [0.4, 0.5) is 0 Å². The second-order valence-corrected chi connectivity index (χ2v) is 24.8. The number of hydrogen-bond acceptors (Lipinski definition) is 7. The van der Waals surface area contributed by atoms with E-state index in [-0.39, 0.29) is 32.2 Å². The minimum Gasteiger partial charge on any atom is -0.477 e. The first kappa shape index (κ1) is 76.0. The van der Waals surface area contributed by atoms with Crippen molar-refractivity contribution in [2.45, 2.75) is 367 Å². The summed E-state index contributed by atoms with van der Waals surface area (Å²) >= 11 is 0. The van der Waals surface area contributed by atoms with E-state index >= 15 is 0 Å². The third-order valence-corrected chi connectivity index (χ3v) is 15.8. The van der Waals surface area contributed by atoms with Gasteiger partial charge in [0.2, 0.25) is 0 Å². The summed E-state index contributed by atoms with van der Waals surface area (Å²) in [6.07, 6.45) is 70.8. The maximum atomic E-state index is 12.8. The van der Waals surface area contributed by atoms with Crippen molar-refractivity contribution in [2.24, 2.45) is 0 Å². The molecule has 0 rings (SSSR count). The highest BCUT2D eigenvalue weighted by molar-refractivity contribution is 5.71. The third kappa shape index (κ3) is 61.6. The monoisotopic (exact) mass is 1110 g/mol. The predicted molar refractivity (Wildman–Crippen MR) is 332 cm³/mol. The summed E-state index contributed by atoms with van der Waals surface area (Å²) in [5.74, 6) is -1.99. The number of carboxylic acid groups (broad SMARTS) is 1. The number of likely N-dealkylation sites (N-methyl/N-ethyl adjacent to an activating group) is 1. The highest BCUT2D eigenvalue weighted by atomic mass is 16.7. The van der Waals surface area contributed by atoms with Gasteiger partial charge in [0.25, 0.3) is 6.29 Å². The Bertz CT molecular complexity index is 1280. The summed E-state index contributed by atoms with van der Waals surface area (Å²) in [7, 11) is 5.98. The molecule has 0 radical (unpaired) electrons. The lowest BCUT2D eigenvalue weighted by molar-refractivity contribution is -0.870. The Morgan fingerprint density at radius 3 is 0.962 bits per heavy atom. The van der Waals surface area contributed by atoms with Gasteiger partial charge in [-0.2, -0.15) is 0 Å². The number of esters is 2. The minimum absolute atomic E-state index is 0.179. The van der Waals surface area contributed by atoms with Crippen molar-refractivity contribution in [3.8, 4) is 0 Å². The van der Waals surface area contributed by atoms with Gasteiger partial charge < -0.3 is 28.5 Å². The summed E-state index contributed by atoms with van der Waals surface area (Å²) in [5, 5.41) is 9.70. The van der Waals surface area contributed by atoms with Crippen LogP contribution < -0.4 is 0 Å². The van der Waals surface area contributed by atoms with Crippen LogP contribution in [0, 0.1) is 0 Å². The molecule has 0 saturated heterocycles. The number of quaternary nitrogens is 1. The molecule has 0 amide bonds. The average Bonchev–Trinajstić information content (AvgIpc) is 3.41. The Morgan fingerprint density at radius 1 is 0.372 bits per heavy atom. The number of allylic oxidation sites excluding steroid dienone is 2. The quantitative estimate of drug-likeness (QED) is 0.0211. The number of carboxylic acids is 1. The number of carbonyl (C=O) groups is 3. The van der Waals surface area contributed by atoms with Crippen molar-refractivity contribution in [1.29, 1.82) is 0 Å². The van der Waals surface area contributed by atoms with Gasteiger partial charge in [-0.05, 0) is 38.5 Å². The fourth-order valence-electron chi connectivity index (χ4n) is 10.5. The zero-order valence-corrected chi connectivity index (χ0v) is 52.9. The van der Waals surface area contributed by atoms with Gasteiger partial charge in [-0.1, -0.05) is 315 Å². The van der Waals surface area contributed by atoms with Gasteiger partial charge in [-0.3, -0.25) is 9.59 Å². The molecule has 9 nitrogen and oxygen atoms in total. The molecule has 1 N–H and O–H groups in total. The Kier molecular flexibility index (Phi) is 59.6. The van der Waals surface area contributed by atoms with Crippen LogP contribution in [0.5, 0.6) is 0 Å². The topological polar surface area (TPSA) is 108 Å². The summed E-state index contributed by atoms with van der Waals surface area (Å²) < 4.78 is 22.9. The molecule has 0 aliphatic heterocycles. The molecule has 0 spiro atoms. The van der Waals surface area contributed by atoms with Crippen LogP contribution >= 0.6 is 0 Å². The molecular weight excluding hydrogens is 971 g/mol. The van der Waals surface area contributed by atoms with Crippen LogP contribution in [-0.2, 0) is 33.3 Å². The van der Waals surface area contributed by atoms with Crippen molar-refractivity contribution in [3.05, 3.63) is 12.2 Å². The lowest BCUT2D eigenvalue weighted by atomic mass is 10.0. The highest BCUT2D eigenvalue weighted by Gasteiger charge is 2.25. The summed E-state index contributed by atoms with van der Waals surface area (Å²) in [4.78, 5) is 37.4. The second kappa shape index (κ2) is 61.1. The summed E-state index contributed by atoms with van der Waals surface area (Å²) in [6, 6.07) is 0. The molecule has 0 aromatic carbocycles. The first-order valence-corrected chi connectivity index (χ1v) is 34.4. The molecule has 462 valence electrons. The van der Waals surface area contributed by atoms with E-state index in [0.29, 0.717) is 23.9 Å². The molecule has 0 aliphatic carbocycles. The van der Waals surface area contributed by atoms with E-state index in [1.54, 1.807) is 0 Å². The van der Waals surface area contributed by atoms with Crippen molar-refractivity contribution >= 4 is 17.9 Å². The highest BCUT2D eigenvalue weighted by Crippen LogP contribution is 2.19. The molecule has 0 saturated carbocycles.